The normalized spacial score (nSPS) is 31.8. The number of hydrogen-bond acceptors (Lipinski definition) is 3. The molecule has 0 aliphatic carbocycles. The van der Waals surface area contributed by atoms with Gasteiger partial charge in [0.2, 0.25) is 5.91 Å². The van der Waals surface area contributed by atoms with E-state index in [1.165, 1.54) is 0 Å². The molecule has 82 valence electrons. The number of carbonyl (C=O) groups excluding carboxylic acids is 1. The Labute approximate surface area is 85.0 Å². The summed E-state index contributed by atoms with van der Waals surface area (Å²) in [5.41, 5.74) is -0.228. The van der Waals surface area contributed by atoms with Crippen molar-refractivity contribution in [3.8, 4) is 0 Å². The van der Waals surface area contributed by atoms with E-state index >= 15 is 0 Å². The molecule has 1 fully saturated rings. The van der Waals surface area contributed by atoms with Crippen LogP contribution in [-0.4, -0.2) is 37.4 Å². The first-order valence-corrected chi connectivity index (χ1v) is 5.09. The van der Waals surface area contributed by atoms with Crippen LogP contribution in [0.25, 0.3) is 0 Å². The van der Waals surface area contributed by atoms with Crippen LogP contribution in [0.15, 0.2) is 0 Å². The summed E-state index contributed by atoms with van der Waals surface area (Å²) in [4.78, 5) is 11.4. The van der Waals surface area contributed by atoms with Gasteiger partial charge in [-0.2, -0.15) is 0 Å². The Kier molecular flexibility index (Phi) is 3.89. The van der Waals surface area contributed by atoms with E-state index in [1.54, 1.807) is 0 Å². The molecule has 4 nitrogen and oxygen atoms in total. The summed E-state index contributed by atoms with van der Waals surface area (Å²) in [5.74, 6) is -0.0632. The largest absolute Gasteiger partial charge is 0.376 e. The van der Waals surface area contributed by atoms with Crippen molar-refractivity contribution >= 4 is 5.91 Å². The van der Waals surface area contributed by atoms with Gasteiger partial charge in [-0.15, -0.1) is 0 Å². The van der Waals surface area contributed by atoms with Crippen molar-refractivity contribution in [1.29, 1.82) is 0 Å². The van der Waals surface area contributed by atoms with Crippen LogP contribution < -0.4 is 5.32 Å². The maximum Gasteiger partial charge on any atom is 0.246 e. The van der Waals surface area contributed by atoms with E-state index in [0.717, 1.165) is 6.42 Å². The third-order valence-electron chi connectivity index (χ3n) is 2.75. The van der Waals surface area contributed by atoms with Crippen molar-refractivity contribution in [2.45, 2.75) is 38.8 Å². The molecule has 0 aromatic heterocycles. The van der Waals surface area contributed by atoms with E-state index in [-0.39, 0.29) is 24.2 Å². The molecule has 1 aliphatic rings. The van der Waals surface area contributed by atoms with Gasteiger partial charge in [0.25, 0.3) is 0 Å². The third-order valence-corrected chi connectivity index (χ3v) is 2.75. The minimum atomic E-state index is -0.228. The van der Waals surface area contributed by atoms with Crippen LogP contribution in [-0.2, 0) is 14.3 Å². The van der Waals surface area contributed by atoms with E-state index in [4.69, 9.17) is 9.47 Å². The highest BCUT2D eigenvalue weighted by Crippen LogP contribution is 2.24. The maximum absolute atomic E-state index is 11.4. The average molecular weight is 201 g/mol. The zero-order chi connectivity index (χ0) is 10.6. The summed E-state index contributed by atoms with van der Waals surface area (Å²) in [7, 11) is 0. The molecule has 14 heavy (non-hydrogen) atoms. The monoisotopic (exact) mass is 201 g/mol. The first-order valence-electron chi connectivity index (χ1n) is 5.09. The van der Waals surface area contributed by atoms with Crippen LogP contribution in [0, 0.1) is 0 Å². The van der Waals surface area contributed by atoms with Gasteiger partial charge in [0, 0.05) is 13.2 Å². The lowest BCUT2D eigenvalue weighted by Gasteiger charge is -2.28. The molecule has 0 aromatic rings. The molecule has 0 bridgehead atoms. The molecule has 1 rings (SSSR count). The van der Waals surface area contributed by atoms with Crippen LogP contribution in [0.2, 0.25) is 0 Å². The lowest BCUT2D eigenvalue weighted by Crippen LogP contribution is -2.51. The highest BCUT2D eigenvalue weighted by Gasteiger charge is 2.38. The Morgan fingerprint density at radius 2 is 2.43 bits per heavy atom. The van der Waals surface area contributed by atoms with Crippen molar-refractivity contribution in [2.75, 3.05) is 19.8 Å². The Bertz CT molecular complexity index is 208. The van der Waals surface area contributed by atoms with Crippen molar-refractivity contribution < 1.29 is 14.3 Å². The SMILES string of the molecule is CCOCC(=O)NC1(C)CCOC1C. The fourth-order valence-corrected chi connectivity index (χ4v) is 1.55. The molecule has 0 spiro atoms. The third kappa shape index (κ3) is 2.69. The summed E-state index contributed by atoms with van der Waals surface area (Å²) >= 11 is 0. The van der Waals surface area contributed by atoms with Crippen LogP contribution in [0.5, 0.6) is 0 Å². The Balaban J connectivity index is 2.38. The molecule has 2 atom stereocenters. The number of carbonyl (C=O) groups is 1. The first kappa shape index (κ1) is 11.5. The molecule has 1 saturated heterocycles. The summed E-state index contributed by atoms with van der Waals surface area (Å²) in [6.07, 6.45) is 0.944. The topological polar surface area (TPSA) is 47.6 Å². The van der Waals surface area contributed by atoms with Crippen molar-refractivity contribution in [3.05, 3.63) is 0 Å². The molecule has 1 amide bonds. The number of ether oxygens (including phenoxy) is 2. The first-order chi connectivity index (χ1) is 6.58. The number of nitrogens with one attached hydrogen (secondary N) is 1. The summed E-state index contributed by atoms with van der Waals surface area (Å²) in [5, 5.41) is 2.95. The summed E-state index contributed by atoms with van der Waals surface area (Å²) in [6.45, 7) is 7.28. The lowest BCUT2D eigenvalue weighted by molar-refractivity contribution is -0.128. The second-order valence-electron chi connectivity index (χ2n) is 3.87. The summed E-state index contributed by atoms with van der Waals surface area (Å²) < 4.78 is 10.5. The van der Waals surface area contributed by atoms with Crippen LogP contribution in [0.4, 0.5) is 0 Å². The van der Waals surface area contributed by atoms with Gasteiger partial charge in [-0.1, -0.05) is 0 Å². The van der Waals surface area contributed by atoms with Crippen molar-refractivity contribution in [1.82, 2.24) is 5.32 Å². The van der Waals surface area contributed by atoms with Crippen molar-refractivity contribution in [3.63, 3.8) is 0 Å². The second-order valence-corrected chi connectivity index (χ2v) is 3.87. The van der Waals surface area contributed by atoms with Crippen molar-refractivity contribution in [2.24, 2.45) is 0 Å². The fraction of sp³-hybridized carbons (Fsp3) is 0.900. The molecule has 2 unspecified atom stereocenters. The molecule has 1 N–H and O–H groups in total. The van der Waals surface area contributed by atoms with Gasteiger partial charge in [-0.05, 0) is 27.2 Å². The predicted molar refractivity (Wildman–Crippen MR) is 53.1 cm³/mol. The minimum Gasteiger partial charge on any atom is -0.376 e. The number of rotatable bonds is 4. The molecule has 0 aromatic carbocycles. The van der Waals surface area contributed by atoms with E-state index in [9.17, 15) is 4.79 Å². The molecule has 4 heteroatoms. The van der Waals surface area contributed by atoms with E-state index in [0.29, 0.717) is 13.2 Å². The van der Waals surface area contributed by atoms with Gasteiger partial charge in [-0.25, -0.2) is 0 Å². The maximum atomic E-state index is 11.4. The summed E-state index contributed by atoms with van der Waals surface area (Å²) in [6, 6.07) is 0. The quantitative estimate of drug-likeness (QED) is 0.728. The Morgan fingerprint density at radius 3 is 2.93 bits per heavy atom. The highest BCUT2D eigenvalue weighted by molar-refractivity contribution is 5.78. The van der Waals surface area contributed by atoms with Gasteiger partial charge in [0.05, 0.1) is 11.6 Å². The smallest absolute Gasteiger partial charge is 0.246 e. The standard InChI is InChI=1S/C10H19NO3/c1-4-13-7-9(12)11-10(3)5-6-14-8(10)2/h8H,4-7H2,1-3H3,(H,11,12). The van der Waals surface area contributed by atoms with Gasteiger partial charge in [-0.3, -0.25) is 4.79 Å². The van der Waals surface area contributed by atoms with Gasteiger partial charge in [0.1, 0.15) is 6.61 Å². The minimum absolute atomic E-state index is 0.0632. The van der Waals surface area contributed by atoms with Gasteiger partial charge >= 0.3 is 0 Å². The predicted octanol–water partition coefficient (Wildman–Crippen LogP) is 0.707. The number of hydrogen-bond donors (Lipinski definition) is 1. The molecule has 0 saturated carbocycles. The average Bonchev–Trinajstić information content (AvgIpc) is 2.43. The zero-order valence-corrected chi connectivity index (χ0v) is 9.13. The lowest BCUT2D eigenvalue weighted by atomic mass is 9.95. The Morgan fingerprint density at radius 1 is 1.71 bits per heavy atom. The molecular formula is C10H19NO3. The molecular weight excluding hydrogens is 182 g/mol. The van der Waals surface area contributed by atoms with Crippen LogP contribution >= 0.6 is 0 Å². The van der Waals surface area contributed by atoms with Gasteiger partial charge < -0.3 is 14.8 Å². The van der Waals surface area contributed by atoms with Gasteiger partial charge in [0.15, 0.2) is 0 Å². The molecule has 1 aliphatic heterocycles. The molecule has 0 radical (unpaired) electrons. The van der Waals surface area contributed by atoms with Crippen LogP contribution in [0.1, 0.15) is 27.2 Å². The Hall–Kier alpha value is -0.610. The molecule has 1 heterocycles. The zero-order valence-electron chi connectivity index (χ0n) is 9.13. The van der Waals surface area contributed by atoms with E-state index in [2.05, 4.69) is 5.32 Å². The van der Waals surface area contributed by atoms with E-state index < -0.39 is 0 Å². The van der Waals surface area contributed by atoms with E-state index in [1.807, 2.05) is 20.8 Å². The fourth-order valence-electron chi connectivity index (χ4n) is 1.55. The number of amides is 1. The highest BCUT2D eigenvalue weighted by atomic mass is 16.5. The van der Waals surface area contributed by atoms with Crippen LogP contribution in [0.3, 0.4) is 0 Å². The second kappa shape index (κ2) is 4.75.